The van der Waals surface area contributed by atoms with Crippen molar-refractivity contribution >= 4 is 10.0 Å². The molecule has 0 aromatic heterocycles. The monoisotopic (exact) mass is 271 g/mol. The minimum absolute atomic E-state index is 0.0543. The first-order chi connectivity index (χ1) is 8.54. The number of aromatic hydroxyl groups is 1. The van der Waals surface area contributed by atoms with E-state index in [0.717, 1.165) is 0 Å². The Bertz CT molecular complexity index is 507. The van der Waals surface area contributed by atoms with Crippen LogP contribution in [0.5, 0.6) is 5.75 Å². The van der Waals surface area contributed by atoms with E-state index in [4.69, 9.17) is 5.11 Å². The Balaban J connectivity index is 2.17. The van der Waals surface area contributed by atoms with Gasteiger partial charge in [0.2, 0.25) is 10.0 Å². The van der Waals surface area contributed by atoms with Gasteiger partial charge in [-0.25, -0.2) is 8.42 Å². The summed E-state index contributed by atoms with van der Waals surface area (Å²) >= 11 is 0. The lowest BCUT2D eigenvalue weighted by Gasteiger charge is -2.30. The maximum Gasteiger partial charge on any atom is 0.243 e. The van der Waals surface area contributed by atoms with Crippen LogP contribution >= 0.6 is 0 Å². The molecule has 1 heterocycles. The quantitative estimate of drug-likeness (QED) is 0.852. The molecule has 0 spiro atoms. The van der Waals surface area contributed by atoms with Crippen LogP contribution in [0, 0.1) is 5.92 Å². The molecule has 6 heteroatoms. The van der Waals surface area contributed by atoms with Gasteiger partial charge in [0, 0.05) is 19.7 Å². The number of aliphatic hydroxyl groups is 1. The second-order valence-corrected chi connectivity index (χ2v) is 6.47. The molecule has 1 fully saturated rings. The van der Waals surface area contributed by atoms with Crippen molar-refractivity contribution in [1.29, 1.82) is 0 Å². The number of nitrogens with zero attached hydrogens (tertiary/aromatic N) is 1. The van der Waals surface area contributed by atoms with Gasteiger partial charge < -0.3 is 10.2 Å². The van der Waals surface area contributed by atoms with E-state index in [-0.39, 0.29) is 23.2 Å². The van der Waals surface area contributed by atoms with Crippen molar-refractivity contribution in [3.8, 4) is 5.75 Å². The van der Waals surface area contributed by atoms with Crippen molar-refractivity contribution in [2.75, 3.05) is 19.7 Å². The lowest BCUT2D eigenvalue weighted by atomic mass is 10.00. The molecule has 2 N–H and O–H groups in total. The number of hydrogen-bond donors (Lipinski definition) is 2. The van der Waals surface area contributed by atoms with E-state index in [2.05, 4.69) is 0 Å². The molecule has 0 unspecified atom stereocenters. The highest BCUT2D eigenvalue weighted by atomic mass is 32.2. The van der Waals surface area contributed by atoms with Gasteiger partial charge in [-0.1, -0.05) is 6.07 Å². The average molecular weight is 271 g/mol. The summed E-state index contributed by atoms with van der Waals surface area (Å²) in [7, 11) is -3.52. The zero-order valence-electron chi connectivity index (χ0n) is 9.99. The fraction of sp³-hybridized carbons (Fsp3) is 0.500. The van der Waals surface area contributed by atoms with Gasteiger partial charge in [-0.2, -0.15) is 4.31 Å². The van der Waals surface area contributed by atoms with Gasteiger partial charge in [0.15, 0.2) is 0 Å². The summed E-state index contributed by atoms with van der Waals surface area (Å²) in [5.41, 5.74) is 0. The molecular formula is C12H17NO4S. The zero-order chi connectivity index (χ0) is 13.2. The van der Waals surface area contributed by atoms with Crippen LogP contribution in [-0.4, -0.2) is 42.6 Å². The van der Waals surface area contributed by atoms with Gasteiger partial charge in [0.1, 0.15) is 5.75 Å². The summed E-state index contributed by atoms with van der Waals surface area (Å²) in [6.45, 7) is 0.951. The first-order valence-corrected chi connectivity index (χ1v) is 7.38. The molecular weight excluding hydrogens is 254 g/mol. The summed E-state index contributed by atoms with van der Waals surface area (Å²) in [6, 6.07) is 5.69. The van der Waals surface area contributed by atoms with E-state index < -0.39 is 10.0 Å². The number of rotatable bonds is 3. The molecule has 1 aliphatic heterocycles. The molecule has 5 nitrogen and oxygen atoms in total. The lowest BCUT2D eigenvalue weighted by molar-refractivity contribution is 0.170. The SMILES string of the molecule is O=S(=O)(c1cccc(O)c1)N1CCC(CO)CC1. The molecule has 0 amide bonds. The molecule has 100 valence electrons. The summed E-state index contributed by atoms with van der Waals surface area (Å²) in [4.78, 5) is 0.116. The highest BCUT2D eigenvalue weighted by molar-refractivity contribution is 7.89. The van der Waals surface area contributed by atoms with Gasteiger partial charge in [0.25, 0.3) is 0 Å². The molecule has 0 radical (unpaired) electrons. The van der Waals surface area contributed by atoms with Crippen LogP contribution in [0.15, 0.2) is 29.2 Å². The smallest absolute Gasteiger partial charge is 0.243 e. The largest absolute Gasteiger partial charge is 0.508 e. The van der Waals surface area contributed by atoms with Crippen molar-refractivity contribution in [1.82, 2.24) is 4.31 Å². The molecule has 0 atom stereocenters. The topological polar surface area (TPSA) is 77.8 Å². The van der Waals surface area contributed by atoms with Crippen LogP contribution in [0.4, 0.5) is 0 Å². The third-order valence-corrected chi connectivity index (χ3v) is 5.18. The molecule has 1 aliphatic rings. The van der Waals surface area contributed by atoms with Gasteiger partial charge in [0.05, 0.1) is 4.90 Å². The van der Waals surface area contributed by atoms with Gasteiger partial charge in [-0.05, 0) is 37.0 Å². The Hall–Kier alpha value is -1.11. The predicted octanol–water partition coefficient (Wildman–Crippen LogP) is 0.785. The average Bonchev–Trinajstić information content (AvgIpc) is 2.39. The number of aliphatic hydroxyl groups excluding tert-OH is 1. The van der Waals surface area contributed by atoms with Crippen molar-refractivity contribution in [3.05, 3.63) is 24.3 Å². The van der Waals surface area contributed by atoms with Crippen molar-refractivity contribution < 1.29 is 18.6 Å². The van der Waals surface area contributed by atoms with Crippen LogP contribution in [-0.2, 0) is 10.0 Å². The standard InChI is InChI=1S/C12H17NO4S/c14-9-10-4-6-13(7-5-10)18(16,17)12-3-1-2-11(15)8-12/h1-3,8,10,14-15H,4-7,9H2. The Kier molecular flexibility index (Phi) is 3.89. The number of piperidine rings is 1. The first-order valence-electron chi connectivity index (χ1n) is 5.94. The van der Waals surface area contributed by atoms with E-state index in [1.165, 1.54) is 28.6 Å². The summed E-state index contributed by atoms with van der Waals surface area (Å²) in [5, 5.41) is 18.4. The zero-order valence-corrected chi connectivity index (χ0v) is 10.8. The van der Waals surface area contributed by atoms with E-state index in [1.807, 2.05) is 0 Å². The fourth-order valence-corrected chi connectivity index (χ4v) is 3.64. The highest BCUT2D eigenvalue weighted by Gasteiger charge is 2.29. The van der Waals surface area contributed by atoms with Crippen LogP contribution < -0.4 is 0 Å². The van der Waals surface area contributed by atoms with Crippen LogP contribution in [0.3, 0.4) is 0 Å². The Morgan fingerprint density at radius 1 is 1.28 bits per heavy atom. The number of phenols is 1. The van der Waals surface area contributed by atoms with E-state index in [9.17, 15) is 13.5 Å². The third-order valence-electron chi connectivity index (χ3n) is 3.29. The van der Waals surface area contributed by atoms with E-state index >= 15 is 0 Å². The second-order valence-electron chi connectivity index (χ2n) is 4.53. The normalized spacial score (nSPS) is 18.9. The molecule has 18 heavy (non-hydrogen) atoms. The van der Waals surface area contributed by atoms with Crippen molar-refractivity contribution in [2.45, 2.75) is 17.7 Å². The Morgan fingerprint density at radius 2 is 1.94 bits per heavy atom. The maximum atomic E-state index is 12.3. The molecule has 2 rings (SSSR count). The number of benzene rings is 1. The minimum Gasteiger partial charge on any atom is -0.508 e. The molecule has 1 aromatic carbocycles. The van der Waals surface area contributed by atoms with E-state index in [0.29, 0.717) is 25.9 Å². The number of phenolic OH excluding ortho intramolecular Hbond substituents is 1. The van der Waals surface area contributed by atoms with E-state index in [1.54, 1.807) is 0 Å². The van der Waals surface area contributed by atoms with Gasteiger partial charge in [-0.3, -0.25) is 0 Å². The summed E-state index contributed by atoms with van der Waals surface area (Å²) < 4.78 is 26.0. The third kappa shape index (κ3) is 2.66. The molecule has 1 aromatic rings. The maximum absolute atomic E-state index is 12.3. The Morgan fingerprint density at radius 3 is 2.50 bits per heavy atom. The number of hydrogen-bond acceptors (Lipinski definition) is 4. The summed E-state index contributed by atoms with van der Waals surface area (Å²) in [5.74, 6) is 0.141. The number of sulfonamides is 1. The minimum atomic E-state index is -3.52. The summed E-state index contributed by atoms with van der Waals surface area (Å²) in [6.07, 6.45) is 1.35. The molecule has 0 aliphatic carbocycles. The molecule has 0 saturated carbocycles. The van der Waals surface area contributed by atoms with Crippen LogP contribution in [0.25, 0.3) is 0 Å². The van der Waals surface area contributed by atoms with Crippen molar-refractivity contribution in [2.24, 2.45) is 5.92 Å². The second kappa shape index (κ2) is 5.26. The van der Waals surface area contributed by atoms with Crippen molar-refractivity contribution in [3.63, 3.8) is 0 Å². The molecule has 1 saturated heterocycles. The van der Waals surface area contributed by atoms with Gasteiger partial charge >= 0.3 is 0 Å². The van der Waals surface area contributed by atoms with Crippen LogP contribution in [0.1, 0.15) is 12.8 Å². The predicted molar refractivity (Wildman–Crippen MR) is 66.7 cm³/mol. The first kappa shape index (κ1) is 13.3. The lowest BCUT2D eigenvalue weighted by Crippen LogP contribution is -2.39. The van der Waals surface area contributed by atoms with Crippen LogP contribution in [0.2, 0.25) is 0 Å². The fourth-order valence-electron chi connectivity index (χ4n) is 2.13. The molecule has 0 bridgehead atoms. The highest BCUT2D eigenvalue weighted by Crippen LogP contribution is 2.25. The Labute approximate surface area is 107 Å². The van der Waals surface area contributed by atoms with Gasteiger partial charge in [-0.15, -0.1) is 0 Å².